The van der Waals surface area contributed by atoms with Crippen LogP contribution in [0.15, 0.2) is 18.2 Å². The predicted molar refractivity (Wildman–Crippen MR) is 72.1 cm³/mol. The van der Waals surface area contributed by atoms with E-state index in [0.717, 1.165) is 6.42 Å². The van der Waals surface area contributed by atoms with E-state index in [1.165, 1.54) is 18.2 Å². The van der Waals surface area contributed by atoms with Crippen molar-refractivity contribution in [3.63, 3.8) is 0 Å². The first-order chi connectivity index (χ1) is 8.93. The molecule has 1 atom stereocenters. The number of carbonyl (C=O) groups is 1. The van der Waals surface area contributed by atoms with Gasteiger partial charge in [-0.15, -0.1) is 0 Å². The van der Waals surface area contributed by atoms with Crippen molar-refractivity contribution >= 4 is 5.91 Å². The molecule has 1 rings (SSSR count). The Bertz CT molecular complexity index is 435. The van der Waals surface area contributed by atoms with E-state index in [1.807, 2.05) is 0 Å². The highest BCUT2D eigenvalue weighted by Gasteiger charge is 2.12. The molecule has 0 aliphatic heterocycles. The summed E-state index contributed by atoms with van der Waals surface area (Å²) in [5, 5.41) is 12.3. The summed E-state index contributed by atoms with van der Waals surface area (Å²) in [5.41, 5.74) is 5.81. The molecular formula is C14H21FN2O2. The highest BCUT2D eigenvalue weighted by molar-refractivity contribution is 5.92. The van der Waals surface area contributed by atoms with Crippen molar-refractivity contribution in [3.8, 4) is 0 Å². The van der Waals surface area contributed by atoms with E-state index in [-0.39, 0.29) is 24.8 Å². The van der Waals surface area contributed by atoms with Gasteiger partial charge in [-0.25, -0.2) is 4.39 Å². The molecule has 4 N–H and O–H groups in total. The molecule has 1 aromatic rings. The summed E-state index contributed by atoms with van der Waals surface area (Å²) in [7, 11) is 0. The third-order valence-electron chi connectivity index (χ3n) is 2.89. The summed E-state index contributed by atoms with van der Waals surface area (Å²) in [5.74, 6) is -0.535. The van der Waals surface area contributed by atoms with Gasteiger partial charge in [-0.2, -0.15) is 0 Å². The van der Waals surface area contributed by atoms with Gasteiger partial charge in [-0.05, 0) is 30.5 Å². The number of amides is 1. The number of rotatable bonds is 7. The molecule has 19 heavy (non-hydrogen) atoms. The highest BCUT2D eigenvalue weighted by atomic mass is 19.1. The van der Waals surface area contributed by atoms with Crippen LogP contribution >= 0.6 is 0 Å². The summed E-state index contributed by atoms with van der Waals surface area (Å²) in [4.78, 5) is 11.0. The lowest BCUT2D eigenvalue weighted by atomic mass is 10.0. The van der Waals surface area contributed by atoms with Crippen molar-refractivity contribution in [2.24, 2.45) is 11.7 Å². The van der Waals surface area contributed by atoms with Gasteiger partial charge < -0.3 is 16.2 Å². The average molecular weight is 268 g/mol. The molecule has 1 unspecified atom stereocenters. The van der Waals surface area contributed by atoms with Gasteiger partial charge in [0.1, 0.15) is 5.82 Å². The van der Waals surface area contributed by atoms with Gasteiger partial charge in [0.2, 0.25) is 5.91 Å². The summed E-state index contributed by atoms with van der Waals surface area (Å²) >= 11 is 0. The van der Waals surface area contributed by atoms with Crippen molar-refractivity contribution in [1.82, 2.24) is 5.32 Å². The summed E-state index contributed by atoms with van der Waals surface area (Å²) in [6.45, 7) is 4.36. The number of nitrogens with one attached hydrogen (secondary N) is 1. The van der Waals surface area contributed by atoms with Gasteiger partial charge in [-0.3, -0.25) is 4.79 Å². The number of hydrogen-bond donors (Lipinski definition) is 3. The quantitative estimate of drug-likeness (QED) is 0.700. The first-order valence-electron chi connectivity index (χ1n) is 6.36. The molecule has 106 valence electrons. The minimum atomic E-state index is -0.581. The normalized spacial score (nSPS) is 12.7. The van der Waals surface area contributed by atoms with Crippen LogP contribution in [0.3, 0.4) is 0 Å². The number of hydrogen-bond acceptors (Lipinski definition) is 3. The van der Waals surface area contributed by atoms with E-state index in [9.17, 15) is 14.3 Å². The maximum absolute atomic E-state index is 13.6. The zero-order chi connectivity index (χ0) is 14.4. The van der Waals surface area contributed by atoms with Crippen LogP contribution in [0.5, 0.6) is 0 Å². The molecule has 4 nitrogen and oxygen atoms in total. The zero-order valence-corrected chi connectivity index (χ0v) is 11.3. The van der Waals surface area contributed by atoms with Crippen LogP contribution in [-0.4, -0.2) is 23.7 Å². The summed E-state index contributed by atoms with van der Waals surface area (Å²) in [6.07, 6.45) is 0.799. The number of nitrogens with two attached hydrogens (primary N) is 1. The largest absolute Gasteiger partial charge is 0.395 e. The lowest BCUT2D eigenvalue weighted by molar-refractivity contribution is 0.1000. The molecular weight excluding hydrogens is 247 g/mol. The molecule has 0 aromatic heterocycles. The van der Waals surface area contributed by atoms with Crippen LogP contribution in [0.1, 0.15) is 36.2 Å². The lowest BCUT2D eigenvalue weighted by Gasteiger charge is -2.18. The Labute approximate surface area is 112 Å². The van der Waals surface area contributed by atoms with Crippen LogP contribution in [-0.2, 0) is 6.54 Å². The fourth-order valence-electron chi connectivity index (χ4n) is 1.91. The lowest BCUT2D eigenvalue weighted by Crippen LogP contribution is -2.33. The summed E-state index contributed by atoms with van der Waals surface area (Å²) in [6, 6.07) is 3.94. The number of primary amides is 1. The molecule has 0 aliphatic rings. The molecule has 0 heterocycles. The molecule has 0 aliphatic carbocycles. The number of halogens is 1. The number of benzene rings is 1. The SMILES string of the molecule is CC(C)CC(CO)NCc1cc(C(N)=O)ccc1F. The Hall–Kier alpha value is -1.46. The second-order valence-corrected chi connectivity index (χ2v) is 5.06. The Balaban J connectivity index is 2.70. The third-order valence-corrected chi connectivity index (χ3v) is 2.89. The van der Waals surface area contributed by atoms with Crippen LogP contribution in [0, 0.1) is 11.7 Å². The molecule has 0 spiro atoms. The van der Waals surface area contributed by atoms with E-state index in [1.54, 1.807) is 0 Å². The van der Waals surface area contributed by atoms with Gasteiger partial charge in [-0.1, -0.05) is 13.8 Å². The fourth-order valence-corrected chi connectivity index (χ4v) is 1.91. The Morgan fingerprint density at radius 3 is 2.68 bits per heavy atom. The molecule has 0 fully saturated rings. The maximum Gasteiger partial charge on any atom is 0.248 e. The van der Waals surface area contributed by atoms with E-state index < -0.39 is 11.7 Å². The van der Waals surface area contributed by atoms with E-state index in [4.69, 9.17) is 5.73 Å². The standard InChI is InChI=1S/C14H21FN2O2/c1-9(2)5-12(8-18)17-7-11-6-10(14(16)19)3-4-13(11)15/h3-4,6,9,12,17-18H,5,7-8H2,1-2H3,(H2,16,19). The van der Waals surface area contributed by atoms with Crippen molar-refractivity contribution in [2.45, 2.75) is 32.9 Å². The Kier molecular flexibility index (Phi) is 5.92. The predicted octanol–water partition coefficient (Wildman–Crippen LogP) is 1.42. The zero-order valence-electron chi connectivity index (χ0n) is 11.3. The maximum atomic E-state index is 13.6. The summed E-state index contributed by atoms with van der Waals surface area (Å²) < 4.78 is 13.6. The topological polar surface area (TPSA) is 75.3 Å². The molecule has 0 radical (unpaired) electrons. The second-order valence-electron chi connectivity index (χ2n) is 5.06. The Morgan fingerprint density at radius 1 is 1.47 bits per heavy atom. The molecule has 1 aromatic carbocycles. The van der Waals surface area contributed by atoms with Crippen molar-refractivity contribution in [2.75, 3.05) is 6.61 Å². The number of aliphatic hydroxyl groups is 1. The fraction of sp³-hybridized carbons (Fsp3) is 0.500. The minimum Gasteiger partial charge on any atom is -0.395 e. The number of carbonyl (C=O) groups excluding carboxylic acids is 1. The van der Waals surface area contributed by atoms with Crippen LogP contribution in [0.4, 0.5) is 4.39 Å². The molecule has 1 amide bonds. The second kappa shape index (κ2) is 7.21. The van der Waals surface area contributed by atoms with E-state index in [0.29, 0.717) is 11.5 Å². The van der Waals surface area contributed by atoms with Gasteiger partial charge in [0.25, 0.3) is 0 Å². The molecule has 0 saturated heterocycles. The average Bonchev–Trinajstić information content (AvgIpc) is 2.35. The third kappa shape index (κ3) is 4.96. The molecule has 0 bridgehead atoms. The highest BCUT2D eigenvalue weighted by Crippen LogP contribution is 2.11. The van der Waals surface area contributed by atoms with Crippen LogP contribution in [0.2, 0.25) is 0 Å². The van der Waals surface area contributed by atoms with E-state index in [2.05, 4.69) is 19.2 Å². The van der Waals surface area contributed by atoms with Crippen LogP contribution < -0.4 is 11.1 Å². The number of aliphatic hydroxyl groups excluding tert-OH is 1. The van der Waals surface area contributed by atoms with Gasteiger partial charge in [0, 0.05) is 23.7 Å². The van der Waals surface area contributed by atoms with Gasteiger partial charge >= 0.3 is 0 Å². The smallest absolute Gasteiger partial charge is 0.248 e. The van der Waals surface area contributed by atoms with Crippen molar-refractivity contribution in [3.05, 3.63) is 35.1 Å². The van der Waals surface area contributed by atoms with Crippen LogP contribution in [0.25, 0.3) is 0 Å². The first kappa shape index (κ1) is 15.6. The Morgan fingerprint density at radius 2 is 2.16 bits per heavy atom. The van der Waals surface area contributed by atoms with Crippen molar-refractivity contribution in [1.29, 1.82) is 0 Å². The monoisotopic (exact) mass is 268 g/mol. The molecule has 0 saturated carbocycles. The van der Waals surface area contributed by atoms with Gasteiger partial charge in [0.15, 0.2) is 0 Å². The van der Waals surface area contributed by atoms with E-state index >= 15 is 0 Å². The molecule has 5 heteroatoms. The first-order valence-corrected chi connectivity index (χ1v) is 6.36. The van der Waals surface area contributed by atoms with Crippen molar-refractivity contribution < 1.29 is 14.3 Å². The van der Waals surface area contributed by atoms with Gasteiger partial charge in [0.05, 0.1) is 6.61 Å². The minimum absolute atomic E-state index is 0.00465.